The van der Waals surface area contributed by atoms with Gasteiger partial charge in [0.25, 0.3) is 0 Å². The van der Waals surface area contributed by atoms with Crippen molar-refractivity contribution in [2.24, 2.45) is 0 Å². The van der Waals surface area contributed by atoms with Crippen LogP contribution in [0.2, 0.25) is 0 Å². The highest BCUT2D eigenvalue weighted by molar-refractivity contribution is 5.33. The average molecular weight is 225 g/mol. The SMILES string of the molecule is [CH2]CCCc1cccc(Oc2ccccc2)c1. The molecule has 0 fully saturated rings. The third-order valence-electron chi connectivity index (χ3n) is 2.59. The van der Waals surface area contributed by atoms with Gasteiger partial charge < -0.3 is 4.74 Å². The van der Waals surface area contributed by atoms with Gasteiger partial charge in [-0.15, -0.1) is 0 Å². The summed E-state index contributed by atoms with van der Waals surface area (Å²) in [4.78, 5) is 0. The minimum atomic E-state index is 0.877. The van der Waals surface area contributed by atoms with E-state index >= 15 is 0 Å². The monoisotopic (exact) mass is 225 g/mol. The molecule has 2 aromatic rings. The molecule has 0 aliphatic carbocycles. The van der Waals surface area contributed by atoms with Gasteiger partial charge in [0.2, 0.25) is 0 Å². The van der Waals surface area contributed by atoms with Gasteiger partial charge in [-0.1, -0.05) is 43.7 Å². The molecule has 0 bridgehead atoms. The van der Waals surface area contributed by atoms with Gasteiger partial charge in [-0.05, 0) is 42.7 Å². The molecule has 0 saturated heterocycles. The molecule has 2 rings (SSSR count). The predicted octanol–water partition coefficient (Wildman–Crippen LogP) is 4.64. The number of para-hydroxylation sites is 1. The van der Waals surface area contributed by atoms with Crippen LogP contribution in [0.1, 0.15) is 18.4 Å². The third kappa shape index (κ3) is 3.63. The summed E-state index contributed by atoms with van der Waals surface area (Å²) in [6.07, 6.45) is 3.16. The van der Waals surface area contributed by atoms with E-state index in [1.807, 2.05) is 42.5 Å². The molecule has 0 amide bonds. The van der Waals surface area contributed by atoms with Crippen LogP contribution in [-0.2, 0) is 6.42 Å². The van der Waals surface area contributed by atoms with Gasteiger partial charge in [0.05, 0.1) is 0 Å². The third-order valence-corrected chi connectivity index (χ3v) is 2.59. The van der Waals surface area contributed by atoms with Gasteiger partial charge in [-0.2, -0.15) is 0 Å². The Balaban J connectivity index is 2.06. The maximum absolute atomic E-state index is 5.78. The van der Waals surface area contributed by atoms with Crippen molar-refractivity contribution in [2.45, 2.75) is 19.3 Å². The molecule has 1 nitrogen and oxygen atoms in total. The van der Waals surface area contributed by atoms with E-state index in [-0.39, 0.29) is 0 Å². The van der Waals surface area contributed by atoms with E-state index in [9.17, 15) is 0 Å². The zero-order valence-corrected chi connectivity index (χ0v) is 9.93. The quantitative estimate of drug-likeness (QED) is 0.720. The smallest absolute Gasteiger partial charge is 0.127 e. The molecule has 0 atom stereocenters. The Hall–Kier alpha value is -1.76. The van der Waals surface area contributed by atoms with Crippen LogP contribution in [0.25, 0.3) is 0 Å². The number of hydrogen-bond acceptors (Lipinski definition) is 1. The van der Waals surface area contributed by atoms with E-state index in [4.69, 9.17) is 4.74 Å². The first kappa shape index (κ1) is 11.7. The Bertz CT molecular complexity index is 448. The molecule has 2 aromatic carbocycles. The first-order valence-electron chi connectivity index (χ1n) is 5.99. The fourth-order valence-electron chi connectivity index (χ4n) is 1.72. The van der Waals surface area contributed by atoms with Crippen molar-refractivity contribution in [2.75, 3.05) is 0 Å². The van der Waals surface area contributed by atoms with Gasteiger partial charge in [0.1, 0.15) is 11.5 Å². The summed E-state index contributed by atoms with van der Waals surface area (Å²) >= 11 is 0. The summed E-state index contributed by atoms with van der Waals surface area (Å²) in [6, 6.07) is 18.1. The lowest BCUT2D eigenvalue weighted by Gasteiger charge is -2.07. The zero-order chi connectivity index (χ0) is 11.9. The second-order valence-electron chi connectivity index (χ2n) is 4.02. The number of ether oxygens (including phenoxy) is 1. The Morgan fingerprint density at radius 2 is 1.65 bits per heavy atom. The molecule has 0 aliphatic heterocycles. The molecular formula is C16H17O. The van der Waals surface area contributed by atoms with Gasteiger partial charge in [-0.3, -0.25) is 0 Å². The van der Waals surface area contributed by atoms with Gasteiger partial charge in [0, 0.05) is 0 Å². The summed E-state index contributed by atoms with van der Waals surface area (Å²) in [6.45, 7) is 3.86. The minimum absolute atomic E-state index is 0.877. The largest absolute Gasteiger partial charge is 0.457 e. The summed E-state index contributed by atoms with van der Waals surface area (Å²) < 4.78 is 5.78. The standard InChI is InChI=1S/C16H17O/c1-2-3-8-14-9-7-12-16(13-14)17-15-10-5-4-6-11-15/h4-7,9-13H,1-3,8H2. The maximum Gasteiger partial charge on any atom is 0.127 e. The highest BCUT2D eigenvalue weighted by Crippen LogP contribution is 2.22. The van der Waals surface area contributed by atoms with Crippen molar-refractivity contribution >= 4 is 0 Å². The Kier molecular flexibility index (Phi) is 4.20. The number of aryl methyl sites for hydroxylation is 1. The lowest BCUT2D eigenvalue weighted by molar-refractivity contribution is 0.482. The van der Waals surface area contributed by atoms with Gasteiger partial charge >= 0.3 is 0 Å². The number of unbranched alkanes of at least 4 members (excludes halogenated alkanes) is 1. The van der Waals surface area contributed by atoms with Crippen molar-refractivity contribution in [3.8, 4) is 11.5 Å². The molecule has 0 aromatic heterocycles. The Morgan fingerprint density at radius 1 is 0.882 bits per heavy atom. The van der Waals surface area contributed by atoms with Gasteiger partial charge in [-0.25, -0.2) is 0 Å². The second-order valence-corrected chi connectivity index (χ2v) is 4.02. The summed E-state index contributed by atoms with van der Waals surface area (Å²) in [7, 11) is 0. The van der Waals surface area contributed by atoms with Crippen LogP contribution >= 0.6 is 0 Å². The average Bonchev–Trinajstić information content (AvgIpc) is 2.38. The molecule has 0 spiro atoms. The van der Waals surface area contributed by atoms with Crippen LogP contribution in [0.3, 0.4) is 0 Å². The zero-order valence-electron chi connectivity index (χ0n) is 9.93. The predicted molar refractivity (Wildman–Crippen MR) is 71.3 cm³/mol. The van der Waals surface area contributed by atoms with E-state index in [1.165, 1.54) is 5.56 Å². The van der Waals surface area contributed by atoms with E-state index in [1.54, 1.807) is 0 Å². The van der Waals surface area contributed by atoms with E-state index < -0.39 is 0 Å². The van der Waals surface area contributed by atoms with Crippen molar-refractivity contribution in [3.05, 3.63) is 67.1 Å². The van der Waals surface area contributed by atoms with Crippen LogP contribution in [0.4, 0.5) is 0 Å². The van der Waals surface area contributed by atoms with Crippen LogP contribution in [0.15, 0.2) is 54.6 Å². The van der Waals surface area contributed by atoms with Crippen molar-refractivity contribution in [1.82, 2.24) is 0 Å². The van der Waals surface area contributed by atoms with Crippen molar-refractivity contribution in [3.63, 3.8) is 0 Å². The van der Waals surface area contributed by atoms with Crippen LogP contribution in [-0.4, -0.2) is 0 Å². The van der Waals surface area contributed by atoms with Crippen LogP contribution < -0.4 is 4.74 Å². The number of benzene rings is 2. The highest BCUT2D eigenvalue weighted by atomic mass is 16.5. The normalized spacial score (nSPS) is 10.2. The maximum atomic E-state index is 5.78. The summed E-state index contributed by atoms with van der Waals surface area (Å²) in [5, 5.41) is 0. The molecular weight excluding hydrogens is 208 g/mol. The van der Waals surface area contributed by atoms with Crippen molar-refractivity contribution in [1.29, 1.82) is 0 Å². The molecule has 1 radical (unpaired) electrons. The molecule has 0 N–H and O–H groups in total. The van der Waals surface area contributed by atoms with Gasteiger partial charge in [0.15, 0.2) is 0 Å². The molecule has 0 heterocycles. The Morgan fingerprint density at radius 3 is 2.41 bits per heavy atom. The highest BCUT2D eigenvalue weighted by Gasteiger charge is 1.98. The van der Waals surface area contributed by atoms with Crippen LogP contribution in [0, 0.1) is 6.92 Å². The fourth-order valence-corrected chi connectivity index (χ4v) is 1.72. The lowest BCUT2D eigenvalue weighted by Crippen LogP contribution is -1.87. The molecule has 1 heteroatoms. The second kappa shape index (κ2) is 6.09. The minimum Gasteiger partial charge on any atom is -0.457 e. The number of hydrogen-bond donors (Lipinski definition) is 0. The topological polar surface area (TPSA) is 9.23 Å². The lowest BCUT2D eigenvalue weighted by atomic mass is 10.1. The molecule has 17 heavy (non-hydrogen) atoms. The molecule has 0 unspecified atom stereocenters. The fraction of sp³-hybridized carbons (Fsp3) is 0.188. The van der Waals surface area contributed by atoms with E-state index in [2.05, 4.69) is 19.1 Å². The Labute approximate surface area is 103 Å². The van der Waals surface area contributed by atoms with E-state index in [0.29, 0.717) is 0 Å². The molecule has 0 aliphatic rings. The van der Waals surface area contributed by atoms with E-state index in [0.717, 1.165) is 30.8 Å². The van der Waals surface area contributed by atoms with Crippen molar-refractivity contribution < 1.29 is 4.74 Å². The number of rotatable bonds is 5. The first-order valence-corrected chi connectivity index (χ1v) is 5.99. The molecule has 87 valence electrons. The summed E-state index contributed by atoms with van der Waals surface area (Å²) in [5.41, 5.74) is 1.31. The van der Waals surface area contributed by atoms with Crippen LogP contribution in [0.5, 0.6) is 11.5 Å². The first-order chi connectivity index (χ1) is 8.38. The molecule has 0 saturated carbocycles. The summed E-state index contributed by atoms with van der Waals surface area (Å²) in [5.74, 6) is 1.78.